The van der Waals surface area contributed by atoms with Gasteiger partial charge >= 0.3 is 0 Å². The summed E-state index contributed by atoms with van der Waals surface area (Å²) < 4.78 is 0. The number of anilines is 2. The Morgan fingerprint density at radius 2 is 2.04 bits per heavy atom. The van der Waals surface area contributed by atoms with Crippen LogP contribution in [-0.4, -0.2) is 39.5 Å². The van der Waals surface area contributed by atoms with Gasteiger partial charge in [0.25, 0.3) is 5.56 Å². The van der Waals surface area contributed by atoms with E-state index in [1.807, 2.05) is 6.20 Å². The minimum atomic E-state index is -0.121. The molecule has 24 heavy (non-hydrogen) atoms. The Hall–Kier alpha value is -2.41. The molecule has 2 aliphatic rings. The minimum absolute atomic E-state index is 0.121. The first-order valence-corrected chi connectivity index (χ1v) is 8.49. The van der Waals surface area contributed by atoms with Gasteiger partial charge in [0.2, 0.25) is 5.95 Å². The van der Waals surface area contributed by atoms with Crippen LogP contribution in [0.5, 0.6) is 0 Å². The van der Waals surface area contributed by atoms with E-state index in [1.165, 1.54) is 18.4 Å². The van der Waals surface area contributed by atoms with Gasteiger partial charge in [-0.25, -0.2) is 9.97 Å². The molecule has 3 N–H and O–H groups in total. The van der Waals surface area contributed by atoms with Crippen molar-refractivity contribution in [1.82, 2.24) is 19.9 Å². The van der Waals surface area contributed by atoms with E-state index < -0.39 is 0 Å². The predicted octanol–water partition coefficient (Wildman–Crippen LogP) is 0.906. The molecule has 7 nitrogen and oxygen atoms in total. The van der Waals surface area contributed by atoms with Crippen molar-refractivity contribution in [2.75, 3.05) is 30.3 Å². The van der Waals surface area contributed by atoms with Crippen molar-refractivity contribution in [3.63, 3.8) is 0 Å². The summed E-state index contributed by atoms with van der Waals surface area (Å²) in [6.45, 7) is 4.47. The molecule has 2 aromatic rings. The number of H-pyrrole nitrogens is 1. The molecule has 4 heterocycles. The number of nitrogens with one attached hydrogen (secondary N) is 1. The highest BCUT2D eigenvalue weighted by molar-refractivity contribution is 5.40. The summed E-state index contributed by atoms with van der Waals surface area (Å²) in [5.74, 6) is 1.27. The maximum atomic E-state index is 12.1. The molecule has 126 valence electrons. The van der Waals surface area contributed by atoms with E-state index in [1.54, 1.807) is 0 Å². The lowest BCUT2D eigenvalue weighted by Gasteiger charge is -2.27. The number of rotatable bonds is 3. The number of fused-ring (bicyclic) bond motifs is 1. The number of pyridine rings is 1. The van der Waals surface area contributed by atoms with Crippen LogP contribution >= 0.6 is 0 Å². The molecule has 0 atom stereocenters. The van der Waals surface area contributed by atoms with Crippen LogP contribution in [0.1, 0.15) is 29.7 Å². The van der Waals surface area contributed by atoms with Gasteiger partial charge in [-0.1, -0.05) is 6.07 Å². The maximum absolute atomic E-state index is 12.1. The molecule has 0 amide bonds. The summed E-state index contributed by atoms with van der Waals surface area (Å²) in [4.78, 5) is 28.1. The second-order valence-corrected chi connectivity index (χ2v) is 6.56. The van der Waals surface area contributed by atoms with E-state index in [4.69, 9.17) is 5.73 Å². The van der Waals surface area contributed by atoms with Gasteiger partial charge in [-0.05, 0) is 24.5 Å². The SMILES string of the molecule is Nc1nc2c(c(=O)[nH]1)CN(Cc1ccc(N3CCCC3)nc1)CC2. The van der Waals surface area contributed by atoms with Crippen molar-refractivity contribution in [3.05, 3.63) is 45.5 Å². The second kappa shape index (κ2) is 6.24. The van der Waals surface area contributed by atoms with Crippen LogP contribution in [0.2, 0.25) is 0 Å². The normalized spacial score (nSPS) is 17.9. The van der Waals surface area contributed by atoms with E-state index in [2.05, 4.69) is 36.9 Å². The zero-order valence-electron chi connectivity index (χ0n) is 13.7. The van der Waals surface area contributed by atoms with E-state index in [0.717, 1.165) is 49.7 Å². The Bertz CT molecular complexity index is 779. The van der Waals surface area contributed by atoms with Crippen molar-refractivity contribution >= 4 is 11.8 Å². The van der Waals surface area contributed by atoms with Crippen molar-refractivity contribution in [2.24, 2.45) is 0 Å². The highest BCUT2D eigenvalue weighted by Crippen LogP contribution is 2.20. The van der Waals surface area contributed by atoms with Crippen molar-refractivity contribution in [1.29, 1.82) is 0 Å². The lowest BCUT2D eigenvalue weighted by molar-refractivity contribution is 0.241. The van der Waals surface area contributed by atoms with Crippen LogP contribution in [0.3, 0.4) is 0 Å². The highest BCUT2D eigenvalue weighted by Gasteiger charge is 2.21. The Balaban J connectivity index is 1.45. The zero-order chi connectivity index (χ0) is 16.5. The van der Waals surface area contributed by atoms with Crippen LogP contribution in [0, 0.1) is 0 Å². The Labute approximate surface area is 140 Å². The fraction of sp³-hybridized carbons (Fsp3) is 0.471. The van der Waals surface area contributed by atoms with Crippen molar-refractivity contribution in [2.45, 2.75) is 32.4 Å². The third-order valence-electron chi connectivity index (χ3n) is 4.81. The second-order valence-electron chi connectivity index (χ2n) is 6.56. The summed E-state index contributed by atoms with van der Waals surface area (Å²) in [6, 6.07) is 4.25. The number of nitrogens with two attached hydrogens (primary N) is 1. The van der Waals surface area contributed by atoms with Crippen molar-refractivity contribution in [3.8, 4) is 0 Å². The van der Waals surface area contributed by atoms with Gasteiger partial charge in [-0.3, -0.25) is 14.7 Å². The van der Waals surface area contributed by atoms with Gasteiger partial charge < -0.3 is 10.6 Å². The summed E-state index contributed by atoms with van der Waals surface area (Å²) in [5.41, 5.74) is 8.22. The summed E-state index contributed by atoms with van der Waals surface area (Å²) >= 11 is 0. The van der Waals surface area contributed by atoms with E-state index in [9.17, 15) is 4.79 Å². The van der Waals surface area contributed by atoms with Gasteiger partial charge in [0.1, 0.15) is 5.82 Å². The molecule has 0 radical (unpaired) electrons. The number of aromatic nitrogens is 3. The predicted molar refractivity (Wildman–Crippen MR) is 92.8 cm³/mol. The van der Waals surface area contributed by atoms with Crippen molar-refractivity contribution < 1.29 is 0 Å². The number of aromatic amines is 1. The number of hydrogen-bond donors (Lipinski definition) is 2. The van der Waals surface area contributed by atoms with E-state index in [0.29, 0.717) is 6.54 Å². The molecule has 0 aromatic carbocycles. The first-order valence-electron chi connectivity index (χ1n) is 8.49. The van der Waals surface area contributed by atoms with Crippen LogP contribution in [0.25, 0.3) is 0 Å². The lowest BCUT2D eigenvalue weighted by atomic mass is 10.1. The van der Waals surface area contributed by atoms with Crippen LogP contribution in [0.15, 0.2) is 23.1 Å². The van der Waals surface area contributed by atoms with Gasteiger partial charge in [0.05, 0.1) is 11.3 Å². The molecule has 0 spiro atoms. The number of hydrogen-bond acceptors (Lipinski definition) is 6. The molecule has 7 heteroatoms. The van der Waals surface area contributed by atoms with E-state index in [-0.39, 0.29) is 11.5 Å². The highest BCUT2D eigenvalue weighted by atomic mass is 16.1. The minimum Gasteiger partial charge on any atom is -0.369 e. The average molecular weight is 326 g/mol. The lowest BCUT2D eigenvalue weighted by Crippen LogP contribution is -2.35. The largest absolute Gasteiger partial charge is 0.369 e. The molecular weight excluding hydrogens is 304 g/mol. The zero-order valence-corrected chi connectivity index (χ0v) is 13.7. The third-order valence-corrected chi connectivity index (χ3v) is 4.81. The standard InChI is InChI=1S/C17H22N6O/c18-17-20-14-5-8-22(11-13(14)16(24)21-17)10-12-3-4-15(19-9-12)23-6-1-2-7-23/h3-4,9H,1-2,5-8,10-11H2,(H3,18,20,21,24). The molecule has 4 rings (SSSR count). The Kier molecular flexibility index (Phi) is 3.93. The first-order chi connectivity index (χ1) is 11.7. The summed E-state index contributed by atoms with van der Waals surface area (Å²) in [5, 5.41) is 0. The van der Waals surface area contributed by atoms with Crippen LogP contribution in [0.4, 0.5) is 11.8 Å². The molecule has 1 saturated heterocycles. The molecule has 0 unspecified atom stereocenters. The fourth-order valence-electron chi connectivity index (χ4n) is 3.54. The summed E-state index contributed by atoms with van der Waals surface area (Å²) in [7, 11) is 0. The molecular formula is C17H22N6O. The maximum Gasteiger partial charge on any atom is 0.257 e. The van der Waals surface area contributed by atoms with Crippen LogP contribution in [-0.2, 0) is 19.5 Å². The first kappa shape index (κ1) is 15.1. The molecule has 2 aliphatic heterocycles. The smallest absolute Gasteiger partial charge is 0.257 e. The van der Waals surface area contributed by atoms with E-state index >= 15 is 0 Å². The van der Waals surface area contributed by atoms with Gasteiger partial charge in [-0.2, -0.15) is 0 Å². The Morgan fingerprint density at radius 1 is 1.21 bits per heavy atom. The molecule has 1 fully saturated rings. The molecule has 0 saturated carbocycles. The fourth-order valence-corrected chi connectivity index (χ4v) is 3.54. The Morgan fingerprint density at radius 3 is 2.79 bits per heavy atom. The topological polar surface area (TPSA) is 91.1 Å². The number of nitrogen functional groups attached to an aromatic ring is 1. The van der Waals surface area contributed by atoms with Gasteiger partial charge in [-0.15, -0.1) is 0 Å². The molecule has 2 aromatic heterocycles. The molecule has 0 aliphatic carbocycles. The third kappa shape index (κ3) is 2.99. The summed E-state index contributed by atoms with van der Waals surface area (Å²) in [6.07, 6.45) is 5.21. The average Bonchev–Trinajstić information content (AvgIpc) is 3.11. The van der Waals surface area contributed by atoms with Gasteiger partial charge in [0.15, 0.2) is 0 Å². The van der Waals surface area contributed by atoms with Gasteiger partial charge in [0, 0.05) is 45.3 Å². The number of nitrogens with zero attached hydrogens (tertiary/aromatic N) is 4. The molecule has 0 bridgehead atoms. The van der Waals surface area contributed by atoms with Crippen LogP contribution < -0.4 is 16.2 Å². The monoisotopic (exact) mass is 326 g/mol. The quantitative estimate of drug-likeness (QED) is 0.871.